The summed E-state index contributed by atoms with van der Waals surface area (Å²) in [6, 6.07) is 0. The molecule has 6 saturated carbocycles. The summed E-state index contributed by atoms with van der Waals surface area (Å²) < 4.78 is 141. The quantitative estimate of drug-likeness (QED) is 0.180. The predicted molar refractivity (Wildman–Crippen MR) is 469 cm³/mol. The second-order valence-electron chi connectivity index (χ2n) is 38.7. The van der Waals surface area contributed by atoms with Crippen LogP contribution in [0, 0.1) is 151 Å². The van der Waals surface area contributed by atoms with E-state index in [9.17, 15) is 50.5 Å². The fraction of sp³-hybridized carbons (Fsp3) is 0.795. The van der Waals surface area contributed by atoms with Crippen molar-refractivity contribution in [1.82, 2.24) is 0 Å². The van der Waals surface area contributed by atoms with Crippen LogP contribution in [0.3, 0.4) is 0 Å². The molecule has 0 aromatic carbocycles. The zero-order chi connectivity index (χ0) is 85.9. The summed E-state index contributed by atoms with van der Waals surface area (Å²) in [6.07, 6.45) is 26.1. The molecule has 0 bridgehead atoms. The summed E-state index contributed by atoms with van der Waals surface area (Å²) in [5.74, 6) is 8.72. The van der Waals surface area contributed by atoms with Crippen molar-refractivity contribution in [3.05, 3.63) is 116 Å². The van der Waals surface area contributed by atoms with Crippen molar-refractivity contribution in [3.8, 4) is 0 Å². The average molecular weight is 2150 g/mol. The fourth-order valence-corrected chi connectivity index (χ4v) is 22.3. The Bertz CT molecular complexity index is 2830. The average Bonchev–Trinajstić information content (AvgIpc) is 0.810. The van der Waals surface area contributed by atoms with Gasteiger partial charge in [0.2, 0.25) is 0 Å². The minimum Gasteiger partial charge on any atom is -0.356 e. The Hall–Kier alpha value is 6.32. The molecule has 6 rings (SSSR count). The molecule has 0 amide bonds. The molecule has 6 aliphatic rings. The molecule has 24 heteroatoms. The molecule has 8 unspecified atom stereocenters. The first-order chi connectivity index (χ1) is 47.0. The summed E-state index contributed by atoms with van der Waals surface area (Å²) in [4.78, 5) is 0. The van der Waals surface area contributed by atoms with E-state index in [0.29, 0.717) is 12.8 Å². The molecule has 0 saturated heterocycles. The third-order valence-electron chi connectivity index (χ3n) is 16.8. The van der Waals surface area contributed by atoms with Crippen LogP contribution in [0.4, 0.5) is 0 Å². The Morgan fingerprint density at radius 2 is 0.420 bits per heavy atom. The SMILES string of the molecule is CC(C)(C)S(=O)(=O)C1C[CH-]CC[CH-]C1.CC(C)(C)S(=O)(=O)C1C[CH-]C[CH-]C1.C[C-](C)C.C[C-](C)C.C[C-](C)C.C[C-](C)C.C[C-](C)C.C[C-](C)C.[CH2-]C1CC([CH2-])C1S(=O)(=O)C(C)(C)C.[CH2-]C1CCC([CH2-])C1S(=O)(=O)C(C)(C)C.[CH2-]C1CC[CH-]CC1S(=O)(=O)C(C)(C)C.[CH2-]C1CC[CH-]CC1S(=O)(=O)C(C)(C)C.[Y+3].[Y+3].[Y+3].[Y+3].[Y+3].[Y+3]. The standard InChI is InChI=1S/4C11H20O2S.2C10H18O2S.6C4H9.6Y/c1-8-6-7-9(2)10(8)14(12,13)11(3,4)5;2*1-9-7-5-6-8-10(9)14(12,13)11(2,3)4;1-11(2,3)14(12,13)10-8-6-4-5-7-9-10;1-7-6-8(2)9(7)13(11,12)10(3,4)5;1-10(2,3)13(11,12)9-7-5-4-6-8-9;6*1-4(2)3;;;;;;/h8-10H,1-2,6-7H2,3-5H3;2*6,9-10H,1,5,7-8H2,2-4H3;6-7,10H,4-5,8-9H2,1-3H3;7-9H,1-2,6H2,3-5H3;5-6,9H,4,7-8H2,1-3H3;6*1-3H3;;;;;;/q6*-2;6*-1;6*+3. The van der Waals surface area contributed by atoms with Gasteiger partial charge in [-0.1, -0.05) is 12.8 Å². The Balaban J connectivity index is -0.000000100. The number of sulfone groups is 6. The largest absolute Gasteiger partial charge is 3.00 e. The van der Waals surface area contributed by atoms with Gasteiger partial charge in [-0.25, -0.2) is 63.3 Å². The number of hydrogen-bond acceptors (Lipinski definition) is 12. The van der Waals surface area contributed by atoms with E-state index in [1.54, 1.807) is 125 Å². The van der Waals surface area contributed by atoms with E-state index < -0.39 is 87.5 Å². The summed E-state index contributed by atoms with van der Waals surface area (Å²) in [5.41, 5.74) is 0. The molecule has 0 N–H and O–H groups in total. The minimum absolute atomic E-state index is 0. The van der Waals surface area contributed by atoms with E-state index in [1.807, 2.05) is 0 Å². The van der Waals surface area contributed by atoms with Crippen LogP contribution < -0.4 is 0 Å². The second-order valence-corrected chi connectivity index (χ2v) is 56.2. The molecule has 0 aromatic heterocycles. The van der Waals surface area contributed by atoms with Gasteiger partial charge < -0.3 is 122 Å². The van der Waals surface area contributed by atoms with Crippen molar-refractivity contribution < 1.29 is 247 Å². The van der Waals surface area contributed by atoms with Gasteiger partial charge in [0.25, 0.3) is 0 Å². The Kier molecular flexibility index (Phi) is 85.7. The van der Waals surface area contributed by atoms with E-state index in [0.717, 1.165) is 89.9 Å². The van der Waals surface area contributed by atoms with Crippen LogP contribution in [0.15, 0.2) is 0 Å². The van der Waals surface area contributed by atoms with Gasteiger partial charge in [-0.05, 0) is 125 Å². The first-order valence-corrected chi connectivity index (χ1v) is 48.2. The molecular weight excluding hydrogens is 1970 g/mol. The third-order valence-corrected chi connectivity index (χ3v) is 35.3. The van der Waals surface area contributed by atoms with E-state index >= 15 is 0 Å². The maximum Gasteiger partial charge on any atom is 3.00 e. The molecule has 0 aromatic rings. The first-order valence-electron chi connectivity index (χ1n) is 38.9. The molecule has 648 valence electrons. The van der Waals surface area contributed by atoms with E-state index in [4.69, 9.17) is 0 Å². The van der Waals surface area contributed by atoms with Crippen LogP contribution in [0.5, 0.6) is 0 Å². The topological polar surface area (TPSA) is 205 Å². The smallest absolute Gasteiger partial charge is 0.356 e. The van der Waals surface area contributed by atoms with Gasteiger partial charge in [0.1, 0.15) is 0 Å². The molecule has 112 heavy (non-hydrogen) atoms. The zero-order valence-electron chi connectivity index (χ0n) is 78.8. The molecular formula is C88H170O12S6Y6. The van der Waals surface area contributed by atoms with Crippen LogP contribution in [0.1, 0.15) is 352 Å². The Labute approximate surface area is 856 Å². The predicted octanol–water partition coefficient (Wildman–Crippen LogP) is 23.4. The van der Waals surface area contributed by atoms with Crippen molar-refractivity contribution in [2.45, 2.75) is 412 Å². The molecule has 8 atom stereocenters. The van der Waals surface area contributed by atoms with Crippen LogP contribution in [0.2, 0.25) is 0 Å². The maximum absolute atomic E-state index is 12.2. The molecule has 12 nitrogen and oxygen atoms in total. The van der Waals surface area contributed by atoms with Crippen molar-refractivity contribution >= 4 is 59.0 Å². The summed E-state index contributed by atoms with van der Waals surface area (Å²) >= 11 is 0. The normalized spacial score (nSPS) is 23.2. The number of rotatable bonds is 6. The van der Waals surface area contributed by atoms with Gasteiger partial charge in [0.15, 0.2) is 59.0 Å². The van der Waals surface area contributed by atoms with Crippen LogP contribution in [-0.4, -0.2) is 110 Å². The van der Waals surface area contributed by atoms with E-state index in [-0.39, 0.29) is 263 Å². The van der Waals surface area contributed by atoms with Gasteiger partial charge in [-0.15, -0.1) is 19.3 Å². The fourth-order valence-electron chi connectivity index (χ4n) is 10.7. The summed E-state index contributed by atoms with van der Waals surface area (Å²) in [5, 5.41) is -1.58. The second kappa shape index (κ2) is 66.7. The molecule has 6 aliphatic carbocycles. The van der Waals surface area contributed by atoms with Crippen molar-refractivity contribution in [1.29, 1.82) is 0 Å². The van der Waals surface area contributed by atoms with Gasteiger partial charge >= 0.3 is 196 Å². The Morgan fingerprint density at radius 3 is 0.589 bits per heavy atom. The molecule has 6 fully saturated rings. The molecule has 0 spiro atoms. The third kappa shape index (κ3) is 60.2. The zero-order valence-corrected chi connectivity index (χ0v) is 101. The summed E-state index contributed by atoms with van der Waals surface area (Å²) in [7, 11) is -18.2. The minimum atomic E-state index is -3.10. The van der Waals surface area contributed by atoms with Gasteiger partial charge in [-0.2, -0.15) is 212 Å². The molecule has 0 radical (unpaired) electrons. The van der Waals surface area contributed by atoms with Gasteiger partial charge in [-0.3, -0.25) is 0 Å². The van der Waals surface area contributed by atoms with Crippen LogP contribution in [-0.2, 0) is 255 Å². The van der Waals surface area contributed by atoms with E-state index in [2.05, 4.69) is 205 Å². The van der Waals surface area contributed by atoms with Crippen molar-refractivity contribution in [2.75, 3.05) is 0 Å². The van der Waals surface area contributed by atoms with E-state index in [1.165, 1.54) is 35.5 Å². The van der Waals surface area contributed by atoms with Gasteiger partial charge in [0.05, 0.1) is 28.5 Å². The molecule has 0 heterocycles. The maximum atomic E-state index is 12.2. The summed E-state index contributed by atoms with van der Waals surface area (Å²) in [6.45, 7) is 92.7. The van der Waals surface area contributed by atoms with Crippen molar-refractivity contribution in [3.63, 3.8) is 0 Å². The van der Waals surface area contributed by atoms with Gasteiger partial charge in [0, 0.05) is 31.5 Å². The first kappa shape index (κ1) is 144. The van der Waals surface area contributed by atoms with Crippen molar-refractivity contribution in [2.24, 2.45) is 35.5 Å². The number of hydrogen-bond donors (Lipinski definition) is 0. The van der Waals surface area contributed by atoms with Crippen LogP contribution >= 0.6 is 0 Å². The van der Waals surface area contributed by atoms with Crippen LogP contribution in [0.25, 0.3) is 0 Å². The molecule has 0 aliphatic heterocycles. The monoisotopic (exact) mass is 2140 g/mol. The Morgan fingerprint density at radius 1 is 0.241 bits per heavy atom.